The van der Waals surface area contributed by atoms with Gasteiger partial charge in [-0.1, -0.05) is 6.92 Å². The molecule has 9 heteroatoms. The van der Waals surface area contributed by atoms with Gasteiger partial charge in [0.1, 0.15) is 29.5 Å². The standard InChI is InChI=1S/C19H28O9/c1-8-14-11(28-16(8)22)7-17(4,23)12-6-13(26-9(2)20)18(5,24)19(12,25)15(14)27-10(3)21/h8,11-15,23-25H,6-7H2,1-5H3/t8-,11+,12-,13-,14+,15-,17+,18?,19?/m0/s1. The molecule has 0 radical (unpaired) electrons. The third kappa shape index (κ3) is 2.83. The summed E-state index contributed by atoms with van der Waals surface area (Å²) in [6, 6.07) is 0. The van der Waals surface area contributed by atoms with Gasteiger partial charge in [0.2, 0.25) is 0 Å². The molecule has 28 heavy (non-hydrogen) atoms. The van der Waals surface area contributed by atoms with Crippen LogP contribution in [0, 0.1) is 17.8 Å². The zero-order valence-corrected chi connectivity index (χ0v) is 16.7. The summed E-state index contributed by atoms with van der Waals surface area (Å²) in [4.78, 5) is 35.6. The molecule has 9 atom stereocenters. The lowest BCUT2D eigenvalue weighted by molar-refractivity contribution is -0.249. The average molecular weight is 400 g/mol. The van der Waals surface area contributed by atoms with Crippen LogP contribution in [0.25, 0.3) is 0 Å². The number of hydrogen-bond donors (Lipinski definition) is 3. The molecule has 1 heterocycles. The molecule has 158 valence electrons. The highest BCUT2D eigenvalue weighted by atomic mass is 16.6. The van der Waals surface area contributed by atoms with Crippen molar-refractivity contribution in [3.8, 4) is 0 Å². The van der Waals surface area contributed by atoms with E-state index in [9.17, 15) is 29.7 Å². The summed E-state index contributed by atoms with van der Waals surface area (Å²) in [5.74, 6) is -4.40. The quantitative estimate of drug-likeness (QED) is 0.420. The van der Waals surface area contributed by atoms with Crippen LogP contribution >= 0.6 is 0 Å². The van der Waals surface area contributed by atoms with Crippen molar-refractivity contribution in [1.82, 2.24) is 0 Å². The van der Waals surface area contributed by atoms with Gasteiger partial charge in [0.05, 0.1) is 11.5 Å². The van der Waals surface area contributed by atoms with Gasteiger partial charge in [-0.2, -0.15) is 0 Å². The minimum absolute atomic E-state index is 0.0125. The zero-order valence-electron chi connectivity index (χ0n) is 16.7. The molecule has 2 aliphatic carbocycles. The molecular weight excluding hydrogens is 372 g/mol. The summed E-state index contributed by atoms with van der Waals surface area (Å²) in [5, 5.41) is 34.4. The fourth-order valence-corrected chi connectivity index (χ4v) is 5.45. The molecule has 0 aromatic carbocycles. The molecule has 0 bridgehead atoms. The summed E-state index contributed by atoms with van der Waals surface area (Å²) < 4.78 is 16.1. The monoisotopic (exact) mass is 400 g/mol. The van der Waals surface area contributed by atoms with Crippen LogP contribution in [0.4, 0.5) is 0 Å². The largest absolute Gasteiger partial charge is 0.462 e. The van der Waals surface area contributed by atoms with Crippen molar-refractivity contribution in [1.29, 1.82) is 0 Å². The number of esters is 3. The van der Waals surface area contributed by atoms with Gasteiger partial charge in [-0.15, -0.1) is 0 Å². The number of hydrogen-bond acceptors (Lipinski definition) is 9. The second-order valence-electron chi connectivity index (χ2n) is 8.79. The van der Waals surface area contributed by atoms with Crippen LogP contribution in [-0.2, 0) is 28.6 Å². The van der Waals surface area contributed by atoms with Crippen LogP contribution in [0.3, 0.4) is 0 Å². The Balaban J connectivity index is 2.18. The smallest absolute Gasteiger partial charge is 0.309 e. The number of carbonyl (C=O) groups excluding carboxylic acids is 3. The first-order valence-corrected chi connectivity index (χ1v) is 9.45. The van der Waals surface area contributed by atoms with Crippen LogP contribution in [0.1, 0.15) is 47.5 Å². The Hall–Kier alpha value is -1.71. The first kappa shape index (κ1) is 21.0. The molecule has 0 spiro atoms. The van der Waals surface area contributed by atoms with E-state index in [1.54, 1.807) is 6.92 Å². The van der Waals surface area contributed by atoms with E-state index in [1.165, 1.54) is 20.8 Å². The Bertz CT molecular complexity index is 700. The zero-order chi connectivity index (χ0) is 21.2. The van der Waals surface area contributed by atoms with E-state index in [-0.39, 0.29) is 12.8 Å². The summed E-state index contributed by atoms with van der Waals surface area (Å²) in [7, 11) is 0. The second kappa shape index (κ2) is 6.40. The molecule has 0 aromatic rings. The third-order valence-corrected chi connectivity index (χ3v) is 6.81. The van der Waals surface area contributed by atoms with Crippen molar-refractivity contribution in [2.24, 2.45) is 17.8 Å². The van der Waals surface area contributed by atoms with Gasteiger partial charge in [-0.3, -0.25) is 14.4 Å². The molecule has 1 saturated heterocycles. The lowest BCUT2D eigenvalue weighted by atomic mass is 9.69. The van der Waals surface area contributed by atoms with Gasteiger partial charge in [0.15, 0.2) is 0 Å². The van der Waals surface area contributed by atoms with Gasteiger partial charge in [0.25, 0.3) is 0 Å². The molecule has 9 nitrogen and oxygen atoms in total. The second-order valence-corrected chi connectivity index (χ2v) is 8.79. The average Bonchev–Trinajstić information content (AvgIpc) is 2.88. The van der Waals surface area contributed by atoms with Crippen molar-refractivity contribution in [2.75, 3.05) is 0 Å². The van der Waals surface area contributed by atoms with Crippen LogP contribution in [0.15, 0.2) is 0 Å². The molecule has 3 fully saturated rings. The normalized spacial score (nSPS) is 50.2. The molecule has 3 aliphatic rings. The van der Waals surface area contributed by atoms with Gasteiger partial charge in [0, 0.05) is 32.1 Å². The molecule has 3 rings (SSSR count). The van der Waals surface area contributed by atoms with Crippen molar-refractivity contribution >= 4 is 17.9 Å². The van der Waals surface area contributed by atoms with Crippen molar-refractivity contribution in [3.63, 3.8) is 0 Å². The molecule has 2 saturated carbocycles. The van der Waals surface area contributed by atoms with E-state index in [2.05, 4.69) is 0 Å². The lowest BCUT2D eigenvalue weighted by Gasteiger charge is -2.47. The molecule has 0 aromatic heterocycles. The maximum atomic E-state index is 12.2. The SMILES string of the molecule is CC(=O)O[C@H]1C[C@@H]2C(O)([C@@H](OC(C)=O)[C@@H]3[C@H](C)C(=O)O[C@@H]3C[C@@]2(C)O)C1(C)O. The van der Waals surface area contributed by atoms with E-state index in [1.807, 2.05) is 0 Å². The van der Waals surface area contributed by atoms with Crippen LogP contribution in [0.2, 0.25) is 0 Å². The van der Waals surface area contributed by atoms with Crippen molar-refractivity contribution in [3.05, 3.63) is 0 Å². The summed E-state index contributed by atoms with van der Waals surface area (Å²) >= 11 is 0. The predicted molar refractivity (Wildman–Crippen MR) is 92.6 cm³/mol. The van der Waals surface area contributed by atoms with E-state index >= 15 is 0 Å². The minimum atomic E-state index is -2.18. The number of carbonyl (C=O) groups is 3. The highest BCUT2D eigenvalue weighted by Gasteiger charge is 2.75. The van der Waals surface area contributed by atoms with Crippen LogP contribution in [-0.4, -0.2) is 68.3 Å². The Labute approximate surface area is 162 Å². The van der Waals surface area contributed by atoms with Crippen LogP contribution < -0.4 is 0 Å². The van der Waals surface area contributed by atoms with E-state index in [0.717, 1.165) is 6.92 Å². The van der Waals surface area contributed by atoms with E-state index < -0.39 is 70.8 Å². The molecule has 3 N–H and O–H groups in total. The van der Waals surface area contributed by atoms with Gasteiger partial charge in [-0.25, -0.2) is 0 Å². The first-order valence-electron chi connectivity index (χ1n) is 9.45. The Morgan fingerprint density at radius 3 is 2.21 bits per heavy atom. The third-order valence-electron chi connectivity index (χ3n) is 6.81. The van der Waals surface area contributed by atoms with Gasteiger partial charge < -0.3 is 29.5 Å². The predicted octanol–water partition coefficient (Wildman–Crippen LogP) is -0.316. The van der Waals surface area contributed by atoms with Crippen LogP contribution in [0.5, 0.6) is 0 Å². The lowest BCUT2D eigenvalue weighted by Crippen LogP contribution is -2.67. The Morgan fingerprint density at radius 2 is 1.68 bits per heavy atom. The van der Waals surface area contributed by atoms with Gasteiger partial charge in [-0.05, 0) is 20.3 Å². The molecule has 0 amide bonds. The minimum Gasteiger partial charge on any atom is -0.462 e. The number of ether oxygens (including phenoxy) is 3. The number of fused-ring (bicyclic) bond motifs is 2. The van der Waals surface area contributed by atoms with E-state index in [4.69, 9.17) is 14.2 Å². The fraction of sp³-hybridized carbons (Fsp3) is 0.842. The maximum Gasteiger partial charge on any atom is 0.309 e. The first-order chi connectivity index (χ1) is 12.7. The number of rotatable bonds is 2. The summed E-state index contributed by atoms with van der Waals surface area (Å²) in [6.45, 7) is 6.69. The molecule has 1 aliphatic heterocycles. The van der Waals surface area contributed by atoms with Crippen molar-refractivity contribution in [2.45, 2.75) is 82.6 Å². The summed E-state index contributed by atoms with van der Waals surface area (Å²) in [6.07, 6.45) is -3.32. The van der Waals surface area contributed by atoms with Gasteiger partial charge >= 0.3 is 17.9 Å². The Morgan fingerprint density at radius 1 is 1.11 bits per heavy atom. The maximum absolute atomic E-state index is 12.2. The number of aliphatic hydroxyl groups is 3. The highest BCUT2D eigenvalue weighted by Crippen LogP contribution is 2.58. The summed E-state index contributed by atoms with van der Waals surface area (Å²) in [5.41, 5.74) is -5.81. The fourth-order valence-electron chi connectivity index (χ4n) is 5.45. The topological polar surface area (TPSA) is 140 Å². The molecular formula is C19H28O9. The highest BCUT2D eigenvalue weighted by molar-refractivity contribution is 5.75. The molecule has 2 unspecified atom stereocenters. The van der Waals surface area contributed by atoms with E-state index in [0.29, 0.717) is 0 Å². The van der Waals surface area contributed by atoms with Crippen molar-refractivity contribution < 1.29 is 43.9 Å². The Kier molecular flexibility index (Phi) is 4.80.